The van der Waals surface area contributed by atoms with Crippen LogP contribution in [0.2, 0.25) is 5.15 Å². The lowest BCUT2D eigenvalue weighted by Crippen LogP contribution is -2.25. The third-order valence-corrected chi connectivity index (χ3v) is 5.81. The van der Waals surface area contributed by atoms with Crippen LogP contribution in [-0.2, 0) is 22.8 Å². The average molecular weight is 389 g/mol. The maximum atomic E-state index is 12.2. The van der Waals surface area contributed by atoms with E-state index in [0.29, 0.717) is 16.7 Å². The van der Waals surface area contributed by atoms with Gasteiger partial charge in [0, 0.05) is 37.5 Å². The predicted octanol–water partition coefficient (Wildman–Crippen LogP) is 1.38. The molecule has 130 valence electrons. The molecule has 2 heterocycles. The number of amides is 1. The second-order valence-corrected chi connectivity index (χ2v) is 8.23. The van der Waals surface area contributed by atoms with E-state index in [1.807, 2.05) is 6.07 Å². The number of rotatable bonds is 8. The first-order chi connectivity index (χ1) is 11.3. The summed E-state index contributed by atoms with van der Waals surface area (Å²) in [4.78, 5) is 15.1. The van der Waals surface area contributed by atoms with Gasteiger partial charge in [0.15, 0.2) is 0 Å². The van der Waals surface area contributed by atoms with E-state index in [0.717, 1.165) is 5.56 Å². The highest BCUT2D eigenvalue weighted by Gasteiger charge is 2.18. The standard InChI is InChI=1S/C14H17ClN4O3S2/c1-19-8-11(7-12(19)14(16)20)24(21,22)18-4-5-23-9-10-2-3-17-13(15)6-10/h2-3,6-8,18H,4-5,9H2,1H3,(H2,16,20). The number of aromatic nitrogens is 2. The molecule has 0 aliphatic heterocycles. The van der Waals surface area contributed by atoms with E-state index in [9.17, 15) is 13.2 Å². The molecule has 3 N–H and O–H groups in total. The van der Waals surface area contributed by atoms with Crippen molar-refractivity contribution in [3.05, 3.63) is 47.0 Å². The third kappa shape index (κ3) is 4.97. The van der Waals surface area contributed by atoms with Gasteiger partial charge in [0.25, 0.3) is 5.91 Å². The summed E-state index contributed by atoms with van der Waals surface area (Å²) < 4.78 is 28.3. The summed E-state index contributed by atoms with van der Waals surface area (Å²) >= 11 is 7.37. The Balaban J connectivity index is 1.85. The summed E-state index contributed by atoms with van der Waals surface area (Å²) in [7, 11) is -2.11. The summed E-state index contributed by atoms with van der Waals surface area (Å²) in [5, 5.41) is 0.433. The van der Waals surface area contributed by atoms with Crippen LogP contribution in [0.3, 0.4) is 0 Å². The Morgan fingerprint density at radius 1 is 1.46 bits per heavy atom. The maximum absolute atomic E-state index is 12.2. The molecule has 1 amide bonds. The first-order valence-corrected chi connectivity index (χ1v) is 9.95. The lowest BCUT2D eigenvalue weighted by atomic mass is 10.3. The minimum Gasteiger partial charge on any atom is -0.364 e. The van der Waals surface area contributed by atoms with Crippen molar-refractivity contribution in [3.8, 4) is 0 Å². The van der Waals surface area contributed by atoms with E-state index in [4.69, 9.17) is 17.3 Å². The van der Waals surface area contributed by atoms with Crippen LogP contribution in [0.1, 0.15) is 16.1 Å². The zero-order chi connectivity index (χ0) is 17.7. The largest absolute Gasteiger partial charge is 0.364 e. The van der Waals surface area contributed by atoms with Crippen molar-refractivity contribution in [2.24, 2.45) is 12.8 Å². The van der Waals surface area contributed by atoms with Gasteiger partial charge in [0.05, 0.1) is 0 Å². The lowest BCUT2D eigenvalue weighted by Gasteiger charge is -2.05. The van der Waals surface area contributed by atoms with Crippen molar-refractivity contribution < 1.29 is 13.2 Å². The van der Waals surface area contributed by atoms with Crippen LogP contribution in [0.4, 0.5) is 0 Å². The van der Waals surface area contributed by atoms with Gasteiger partial charge in [-0.15, -0.1) is 0 Å². The summed E-state index contributed by atoms with van der Waals surface area (Å²) in [5.74, 6) is 0.626. The third-order valence-electron chi connectivity index (χ3n) is 3.14. The number of hydrogen-bond acceptors (Lipinski definition) is 5. The Kier molecular flexibility index (Phi) is 6.27. The van der Waals surface area contributed by atoms with Crippen LogP contribution in [0.25, 0.3) is 0 Å². The minimum absolute atomic E-state index is 0.0183. The molecule has 0 atom stereocenters. The van der Waals surface area contributed by atoms with Gasteiger partial charge in [0.2, 0.25) is 10.0 Å². The monoisotopic (exact) mass is 388 g/mol. The molecule has 0 fully saturated rings. The fourth-order valence-corrected chi connectivity index (χ4v) is 4.21. The molecule has 2 aromatic rings. The average Bonchev–Trinajstić information content (AvgIpc) is 2.90. The zero-order valence-electron chi connectivity index (χ0n) is 12.9. The molecule has 0 saturated carbocycles. The van der Waals surface area contributed by atoms with Crippen LogP contribution >= 0.6 is 23.4 Å². The molecule has 2 rings (SSSR count). The Morgan fingerprint density at radius 3 is 2.83 bits per heavy atom. The Labute approximate surface area is 149 Å². The van der Waals surface area contributed by atoms with E-state index in [2.05, 4.69) is 9.71 Å². The first-order valence-electron chi connectivity index (χ1n) is 6.93. The van der Waals surface area contributed by atoms with Crippen molar-refractivity contribution in [3.63, 3.8) is 0 Å². The summed E-state index contributed by atoms with van der Waals surface area (Å²) in [6.45, 7) is 0.270. The summed E-state index contributed by atoms with van der Waals surface area (Å²) in [6.07, 6.45) is 2.99. The van der Waals surface area contributed by atoms with E-state index in [-0.39, 0.29) is 17.1 Å². The Morgan fingerprint density at radius 2 is 2.21 bits per heavy atom. The van der Waals surface area contributed by atoms with Gasteiger partial charge in [-0.25, -0.2) is 18.1 Å². The number of aryl methyl sites for hydroxylation is 1. The van der Waals surface area contributed by atoms with E-state index >= 15 is 0 Å². The number of halogens is 1. The Bertz CT molecular complexity index is 836. The molecular weight excluding hydrogens is 372 g/mol. The van der Waals surface area contributed by atoms with Gasteiger partial charge in [0.1, 0.15) is 15.7 Å². The highest BCUT2D eigenvalue weighted by molar-refractivity contribution is 7.98. The molecule has 7 nitrogen and oxygen atoms in total. The number of thioether (sulfide) groups is 1. The second kappa shape index (κ2) is 8.02. The summed E-state index contributed by atoms with van der Waals surface area (Å²) in [6, 6.07) is 4.89. The normalized spacial score (nSPS) is 11.6. The van der Waals surface area contributed by atoms with Crippen LogP contribution in [0.5, 0.6) is 0 Å². The maximum Gasteiger partial charge on any atom is 0.265 e. The molecule has 24 heavy (non-hydrogen) atoms. The van der Waals surface area contributed by atoms with Gasteiger partial charge < -0.3 is 10.3 Å². The molecular formula is C14H17ClN4O3S2. The van der Waals surface area contributed by atoms with Crippen LogP contribution in [0, 0.1) is 0 Å². The van der Waals surface area contributed by atoms with Gasteiger partial charge in [-0.1, -0.05) is 11.6 Å². The molecule has 0 unspecified atom stereocenters. The number of primary amides is 1. The molecule has 0 saturated heterocycles. The van der Waals surface area contributed by atoms with Gasteiger partial charge >= 0.3 is 0 Å². The number of sulfonamides is 1. The lowest BCUT2D eigenvalue weighted by molar-refractivity contribution is 0.0992. The Hall–Kier alpha value is -1.55. The molecule has 10 heteroatoms. The van der Waals surface area contributed by atoms with Crippen LogP contribution in [-0.4, -0.2) is 36.2 Å². The predicted molar refractivity (Wildman–Crippen MR) is 94.5 cm³/mol. The zero-order valence-corrected chi connectivity index (χ0v) is 15.3. The van der Waals surface area contributed by atoms with Crippen LogP contribution < -0.4 is 10.5 Å². The van der Waals surface area contributed by atoms with E-state index < -0.39 is 15.9 Å². The highest BCUT2D eigenvalue weighted by atomic mass is 35.5. The summed E-state index contributed by atoms with van der Waals surface area (Å²) in [5.41, 5.74) is 6.35. The van der Waals surface area contributed by atoms with Crippen molar-refractivity contribution in [2.45, 2.75) is 10.6 Å². The van der Waals surface area contributed by atoms with E-state index in [1.54, 1.807) is 31.1 Å². The fraction of sp³-hybridized carbons (Fsp3) is 0.286. The van der Waals surface area contributed by atoms with Gasteiger partial charge in [-0.2, -0.15) is 11.8 Å². The number of carbonyl (C=O) groups excluding carboxylic acids is 1. The fourth-order valence-electron chi connectivity index (χ4n) is 1.98. The van der Waals surface area contributed by atoms with Gasteiger partial charge in [-0.05, 0) is 23.8 Å². The molecule has 0 bridgehead atoms. The molecule has 0 spiro atoms. The molecule has 0 aliphatic rings. The molecule has 2 aromatic heterocycles. The molecule has 0 aliphatic carbocycles. The number of pyridine rings is 1. The highest BCUT2D eigenvalue weighted by Crippen LogP contribution is 2.15. The van der Waals surface area contributed by atoms with Crippen molar-refractivity contribution in [2.75, 3.05) is 12.3 Å². The SMILES string of the molecule is Cn1cc(S(=O)(=O)NCCSCc2ccnc(Cl)c2)cc1C(N)=O. The number of hydrogen-bond donors (Lipinski definition) is 2. The minimum atomic E-state index is -3.67. The number of carbonyl (C=O) groups is 1. The first kappa shape index (κ1) is 18.8. The van der Waals surface area contributed by atoms with E-state index in [1.165, 1.54) is 16.8 Å². The smallest absolute Gasteiger partial charge is 0.265 e. The van der Waals surface area contributed by atoms with Crippen LogP contribution in [0.15, 0.2) is 35.5 Å². The number of nitrogens with zero attached hydrogens (tertiary/aromatic N) is 2. The number of nitrogens with two attached hydrogens (primary N) is 1. The number of nitrogens with one attached hydrogen (secondary N) is 1. The van der Waals surface area contributed by atoms with Crippen molar-refractivity contribution in [1.29, 1.82) is 0 Å². The second-order valence-electron chi connectivity index (χ2n) is 4.97. The van der Waals surface area contributed by atoms with Crippen molar-refractivity contribution in [1.82, 2.24) is 14.3 Å². The topological polar surface area (TPSA) is 107 Å². The molecule has 0 aromatic carbocycles. The van der Waals surface area contributed by atoms with Gasteiger partial charge in [-0.3, -0.25) is 4.79 Å². The van der Waals surface area contributed by atoms with Crippen molar-refractivity contribution >= 4 is 39.3 Å². The quantitative estimate of drug-likeness (QED) is 0.524. The molecule has 0 radical (unpaired) electrons.